The fourth-order valence-corrected chi connectivity index (χ4v) is 1.56. The molecule has 1 aliphatic rings. The van der Waals surface area contributed by atoms with Crippen LogP contribution >= 0.6 is 0 Å². The molecule has 1 unspecified atom stereocenters. The van der Waals surface area contributed by atoms with Gasteiger partial charge in [-0.15, -0.1) is 0 Å². The average molecular weight is 153 g/mol. The Morgan fingerprint density at radius 2 is 2.27 bits per heavy atom. The van der Waals surface area contributed by atoms with E-state index in [1.807, 2.05) is 6.92 Å². The van der Waals surface area contributed by atoms with Crippen molar-refractivity contribution >= 4 is 5.78 Å². The van der Waals surface area contributed by atoms with Gasteiger partial charge >= 0.3 is 0 Å². The average Bonchev–Trinajstić information content (AvgIpc) is 2.35. The molecule has 0 aromatic rings. The van der Waals surface area contributed by atoms with Crippen LogP contribution in [-0.4, -0.2) is 17.9 Å². The molecule has 0 radical (unpaired) electrons. The number of carbonyl (C=O) groups excluding carboxylic acids is 1. The Balaban J connectivity index is 2.71. The molecule has 0 spiro atoms. The molecule has 62 valence electrons. The minimum atomic E-state index is -0.314. The van der Waals surface area contributed by atoms with Crippen LogP contribution in [0.3, 0.4) is 0 Å². The maximum Gasteiger partial charge on any atom is 0.177 e. The van der Waals surface area contributed by atoms with Crippen LogP contribution in [0, 0.1) is 0 Å². The highest BCUT2D eigenvalue weighted by molar-refractivity contribution is 6.01. The maximum atomic E-state index is 11.5. The van der Waals surface area contributed by atoms with Gasteiger partial charge in [-0.05, 0) is 38.8 Å². The summed E-state index contributed by atoms with van der Waals surface area (Å²) in [5.41, 5.74) is 0.341. The summed E-state index contributed by atoms with van der Waals surface area (Å²) in [5.74, 6) is 0.162. The maximum absolute atomic E-state index is 11.5. The molecule has 1 N–H and O–H groups in total. The first-order chi connectivity index (χ1) is 5.06. The highest BCUT2D eigenvalue weighted by Gasteiger charge is 2.35. The van der Waals surface area contributed by atoms with Crippen LogP contribution < -0.4 is 5.32 Å². The third-order valence-corrected chi connectivity index (χ3v) is 2.26. The van der Waals surface area contributed by atoms with Crippen molar-refractivity contribution < 1.29 is 4.79 Å². The highest BCUT2D eigenvalue weighted by Crippen LogP contribution is 2.21. The topological polar surface area (TPSA) is 29.1 Å². The number of Topliss-reactive ketones (excluding diaryl/α,β-unsaturated/α-hetero) is 1. The number of hydrogen-bond acceptors (Lipinski definition) is 2. The van der Waals surface area contributed by atoms with Crippen LogP contribution in [-0.2, 0) is 4.79 Å². The van der Waals surface area contributed by atoms with Gasteiger partial charge in [-0.1, -0.05) is 6.58 Å². The molecule has 1 rings (SSSR count). The van der Waals surface area contributed by atoms with Crippen LogP contribution in [0.15, 0.2) is 12.2 Å². The summed E-state index contributed by atoms with van der Waals surface area (Å²) in [6, 6.07) is 0. The smallest absolute Gasteiger partial charge is 0.177 e. The van der Waals surface area contributed by atoms with Gasteiger partial charge in [0.15, 0.2) is 5.78 Å². The first kappa shape index (κ1) is 8.47. The van der Waals surface area contributed by atoms with Gasteiger partial charge in [0.1, 0.15) is 0 Å². The Hall–Kier alpha value is -0.630. The van der Waals surface area contributed by atoms with Gasteiger partial charge in [0.2, 0.25) is 0 Å². The van der Waals surface area contributed by atoms with Crippen LogP contribution in [0.25, 0.3) is 0 Å². The summed E-state index contributed by atoms with van der Waals surface area (Å²) in [6.07, 6.45) is 2.04. The molecule has 2 heteroatoms. The molecule has 2 nitrogen and oxygen atoms in total. The van der Waals surface area contributed by atoms with Crippen molar-refractivity contribution in [3.05, 3.63) is 12.2 Å². The van der Waals surface area contributed by atoms with E-state index >= 15 is 0 Å². The second kappa shape index (κ2) is 2.78. The third kappa shape index (κ3) is 1.51. The van der Waals surface area contributed by atoms with E-state index in [-0.39, 0.29) is 11.3 Å². The summed E-state index contributed by atoms with van der Waals surface area (Å²) < 4.78 is 0. The highest BCUT2D eigenvalue weighted by atomic mass is 16.1. The number of ketones is 1. The van der Waals surface area contributed by atoms with E-state index in [1.54, 1.807) is 6.92 Å². The predicted molar refractivity (Wildman–Crippen MR) is 45.5 cm³/mol. The lowest BCUT2D eigenvalue weighted by Gasteiger charge is -2.22. The molecule has 0 aromatic heterocycles. The molecule has 1 saturated heterocycles. The fourth-order valence-electron chi connectivity index (χ4n) is 1.56. The lowest BCUT2D eigenvalue weighted by atomic mass is 9.91. The van der Waals surface area contributed by atoms with Crippen LogP contribution in [0.5, 0.6) is 0 Å². The molecular formula is C9H15NO. The summed E-state index contributed by atoms with van der Waals surface area (Å²) in [5, 5.41) is 3.20. The van der Waals surface area contributed by atoms with Gasteiger partial charge in [-0.2, -0.15) is 0 Å². The minimum absolute atomic E-state index is 0.162. The molecule has 11 heavy (non-hydrogen) atoms. The molecule has 1 heterocycles. The van der Waals surface area contributed by atoms with Crippen LogP contribution in [0.2, 0.25) is 0 Å². The summed E-state index contributed by atoms with van der Waals surface area (Å²) in [6.45, 7) is 8.34. The van der Waals surface area contributed by atoms with E-state index < -0.39 is 0 Å². The van der Waals surface area contributed by atoms with Crippen LogP contribution in [0.4, 0.5) is 0 Å². The molecule has 0 amide bonds. The molecule has 0 bridgehead atoms. The molecule has 0 aromatic carbocycles. The Labute approximate surface area is 67.7 Å². The monoisotopic (exact) mass is 153 g/mol. The lowest BCUT2D eigenvalue weighted by Crippen LogP contribution is -2.44. The van der Waals surface area contributed by atoms with Crippen molar-refractivity contribution in [2.24, 2.45) is 0 Å². The third-order valence-electron chi connectivity index (χ3n) is 2.26. The Kier molecular flexibility index (Phi) is 2.14. The molecule has 0 saturated carbocycles. The summed E-state index contributed by atoms with van der Waals surface area (Å²) >= 11 is 0. The minimum Gasteiger partial charge on any atom is -0.305 e. The Morgan fingerprint density at radius 3 is 2.64 bits per heavy atom. The zero-order valence-corrected chi connectivity index (χ0v) is 7.24. The van der Waals surface area contributed by atoms with Crippen molar-refractivity contribution in [3.8, 4) is 0 Å². The number of nitrogens with one attached hydrogen (secondary N) is 1. The zero-order chi connectivity index (χ0) is 8.48. The van der Waals surface area contributed by atoms with Gasteiger partial charge in [-0.25, -0.2) is 0 Å². The van der Waals surface area contributed by atoms with Gasteiger partial charge in [0, 0.05) is 0 Å². The molecule has 1 fully saturated rings. The first-order valence-electron chi connectivity index (χ1n) is 4.01. The number of carbonyl (C=O) groups is 1. The standard InChI is InChI=1S/C9H15NO/c1-7(2)8(11)9(3)5-4-6-10-9/h10H,1,4-6H2,2-3H3. The Morgan fingerprint density at radius 1 is 1.64 bits per heavy atom. The van der Waals surface area contributed by atoms with Crippen molar-refractivity contribution in [2.75, 3.05) is 6.54 Å². The first-order valence-corrected chi connectivity index (χ1v) is 4.01. The van der Waals surface area contributed by atoms with Gasteiger partial charge in [0.25, 0.3) is 0 Å². The second-order valence-electron chi connectivity index (χ2n) is 3.47. The van der Waals surface area contributed by atoms with Crippen molar-refractivity contribution in [2.45, 2.75) is 32.2 Å². The van der Waals surface area contributed by atoms with Crippen molar-refractivity contribution in [1.82, 2.24) is 5.32 Å². The van der Waals surface area contributed by atoms with E-state index in [4.69, 9.17) is 0 Å². The van der Waals surface area contributed by atoms with E-state index in [0.717, 1.165) is 19.4 Å². The summed E-state index contributed by atoms with van der Waals surface area (Å²) in [7, 11) is 0. The molecule has 0 aliphatic carbocycles. The van der Waals surface area contributed by atoms with Crippen molar-refractivity contribution in [1.29, 1.82) is 0 Å². The van der Waals surface area contributed by atoms with Gasteiger partial charge in [0.05, 0.1) is 5.54 Å². The predicted octanol–water partition coefficient (Wildman–Crippen LogP) is 1.27. The lowest BCUT2D eigenvalue weighted by molar-refractivity contribution is -0.120. The second-order valence-corrected chi connectivity index (χ2v) is 3.47. The van der Waals surface area contributed by atoms with Gasteiger partial charge < -0.3 is 5.32 Å². The number of rotatable bonds is 2. The SMILES string of the molecule is C=C(C)C(=O)C1(C)CCCN1. The van der Waals surface area contributed by atoms with Crippen molar-refractivity contribution in [3.63, 3.8) is 0 Å². The largest absolute Gasteiger partial charge is 0.305 e. The quantitative estimate of drug-likeness (QED) is 0.605. The van der Waals surface area contributed by atoms with Crippen LogP contribution in [0.1, 0.15) is 26.7 Å². The normalized spacial score (nSPS) is 30.4. The van der Waals surface area contributed by atoms with E-state index in [0.29, 0.717) is 5.57 Å². The zero-order valence-electron chi connectivity index (χ0n) is 7.24. The molecule has 1 atom stereocenters. The van der Waals surface area contributed by atoms with E-state index in [1.165, 1.54) is 0 Å². The van der Waals surface area contributed by atoms with E-state index in [2.05, 4.69) is 11.9 Å². The summed E-state index contributed by atoms with van der Waals surface area (Å²) in [4.78, 5) is 11.5. The van der Waals surface area contributed by atoms with E-state index in [9.17, 15) is 4.79 Å². The van der Waals surface area contributed by atoms with Gasteiger partial charge in [-0.3, -0.25) is 4.79 Å². The molecular weight excluding hydrogens is 138 g/mol. The fraction of sp³-hybridized carbons (Fsp3) is 0.667. The number of hydrogen-bond donors (Lipinski definition) is 1. The Bertz CT molecular complexity index is 190. The molecule has 1 aliphatic heterocycles.